The van der Waals surface area contributed by atoms with Gasteiger partial charge in [-0.25, -0.2) is 28.3 Å². The fourth-order valence-corrected chi connectivity index (χ4v) is 5.52. The van der Waals surface area contributed by atoms with Crippen LogP contribution in [0.4, 0.5) is 14.6 Å². The molecule has 0 aliphatic carbocycles. The number of imidazole rings is 1. The average molecular weight is 513 g/mol. The van der Waals surface area contributed by atoms with Crippen LogP contribution in [0.5, 0.6) is 0 Å². The molecule has 1 aromatic carbocycles. The Morgan fingerprint density at radius 3 is 2.94 bits per heavy atom. The summed E-state index contributed by atoms with van der Waals surface area (Å²) in [6, 6.07) is 2.85. The van der Waals surface area contributed by atoms with Crippen molar-refractivity contribution in [3.05, 3.63) is 48.1 Å². The Balaban J connectivity index is 1.32. The molecule has 35 heavy (non-hydrogen) atoms. The highest BCUT2D eigenvalue weighted by molar-refractivity contribution is 7.48. The quantitative estimate of drug-likeness (QED) is 0.428. The fraction of sp³-hybridized carbons (Fsp3) is 0.450. The molecule has 12 nitrogen and oxygen atoms in total. The minimum absolute atomic E-state index is 0.103. The molecule has 4 heterocycles. The molecule has 6 atom stereocenters. The molecule has 1 unspecified atom stereocenters. The van der Waals surface area contributed by atoms with Gasteiger partial charge in [0.05, 0.1) is 25.6 Å². The predicted octanol–water partition coefficient (Wildman–Crippen LogP) is 2.00. The van der Waals surface area contributed by atoms with Crippen molar-refractivity contribution in [2.24, 2.45) is 0 Å². The number of nitrogens with two attached hydrogens (primary N) is 1. The molecule has 0 radical (unpaired) electrons. The van der Waals surface area contributed by atoms with Crippen LogP contribution in [-0.4, -0.2) is 60.8 Å². The summed E-state index contributed by atoms with van der Waals surface area (Å²) in [5.74, 6) is -1.28. The standard InChI is InChI=1S/C20H22F2N5O7P/c1-20(29)16(28)14(33-19(20)27-9-26-15-17(23)24-8-25-18(15)27)7-32-35(30)31-5-4-13(34-35)11-6-10(21)2-3-12(11)22/h2-3,6,8-9,13-14,16,19,28-29H,4-5,7H2,1H3,(H2,23,24,25)/t13-,14+,16+,19+,20+,35?/m0/s1. The van der Waals surface area contributed by atoms with Crippen LogP contribution in [0.25, 0.3) is 11.2 Å². The van der Waals surface area contributed by atoms with Gasteiger partial charge < -0.3 is 20.7 Å². The number of hydrogen-bond acceptors (Lipinski definition) is 11. The molecule has 5 rings (SSSR count). The number of aromatic nitrogens is 4. The second-order valence-electron chi connectivity index (χ2n) is 8.41. The Bertz CT molecular complexity index is 1310. The zero-order chi connectivity index (χ0) is 25.0. The molecule has 0 spiro atoms. The van der Waals surface area contributed by atoms with Crippen molar-refractivity contribution in [3.63, 3.8) is 0 Å². The summed E-state index contributed by atoms with van der Waals surface area (Å²) in [4.78, 5) is 12.1. The van der Waals surface area contributed by atoms with E-state index in [0.29, 0.717) is 0 Å². The number of halogens is 2. The summed E-state index contributed by atoms with van der Waals surface area (Å²) in [6.07, 6.45) is -2.22. The molecule has 0 saturated carbocycles. The van der Waals surface area contributed by atoms with E-state index in [4.69, 9.17) is 24.0 Å². The molecule has 188 valence electrons. The topological polar surface area (TPSA) is 164 Å². The van der Waals surface area contributed by atoms with Crippen molar-refractivity contribution < 1.29 is 41.9 Å². The number of hydrogen-bond donors (Lipinski definition) is 3. The van der Waals surface area contributed by atoms with Crippen LogP contribution in [0, 0.1) is 11.6 Å². The van der Waals surface area contributed by atoms with Crippen LogP contribution in [0.3, 0.4) is 0 Å². The first-order valence-electron chi connectivity index (χ1n) is 10.6. The van der Waals surface area contributed by atoms with Gasteiger partial charge in [0.15, 0.2) is 17.7 Å². The molecule has 2 aliphatic heterocycles. The molecule has 4 N–H and O–H groups in total. The van der Waals surface area contributed by atoms with Crippen LogP contribution in [0.1, 0.15) is 31.2 Å². The molecule has 0 bridgehead atoms. The van der Waals surface area contributed by atoms with Crippen LogP contribution in [0.15, 0.2) is 30.9 Å². The lowest BCUT2D eigenvalue weighted by atomic mass is 9.96. The number of benzene rings is 1. The third kappa shape index (κ3) is 4.31. The second kappa shape index (κ2) is 8.82. The van der Waals surface area contributed by atoms with Gasteiger partial charge >= 0.3 is 7.82 Å². The summed E-state index contributed by atoms with van der Waals surface area (Å²) in [7, 11) is -4.23. The summed E-state index contributed by atoms with van der Waals surface area (Å²) in [5, 5.41) is 21.7. The van der Waals surface area contributed by atoms with Crippen molar-refractivity contribution >= 4 is 24.8 Å². The van der Waals surface area contributed by atoms with E-state index in [0.717, 1.165) is 18.2 Å². The van der Waals surface area contributed by atoms with E-state index in [2.05, 4.69) is 15.0 Å². The highest BCUT2D eigenvalue weighted by atomic mass is 31.2. The molecule has 2 aromatic heterocycles. The Hall–Kier alpha value is -2.58. The Labute approximate surface area is 197 Å². The zero-order valence-corrected chi connectivity index (χ0v) is 19.2. The van der Waals surface area contributed by atoms with Crippen LogP contribution in [0.2, 0.25) is 0 Å². The summed E-state index contributed by atoms with van der Waals surface area (Å²) < 4.78 is 63.9. The lowest BCUT2D eigenvalue weighted by Gasteiger charge is -2.30. The molecule has 15 heteroatoms. The Kier molecular flexibility index (Phi) is 6.08. The maximum Gasteiger partial charge on any atom is 0.475 e. The average Bonchev–Trinajstić information content (AvgIpc) is 3.34. The lowest BCUT2D eigenvalue weighted by molar-refractivity contribution is -0.0953. The summed E-state index contributed by atoms with van der Waals surface area (Å²) in [6.45, 7) is 0.735. The van der Waals surface area contributed by atoms with E-state index in [1.54, 1.807) is 0 Å². The molecule has 2 saturated heterocycles. The predicted molar refractivity (Wildman–Crippen MR) is 115 cm³/mol. The van der Waals surface area contributed by atoms with Gasteiger partial charge in [0.2, 0.25) is 0 Å². The number of anilines is 1. The van der Waals surface area contributed by atoms with E-state index in [9.17, 15) is 23.6 Å². The van der Waals surface area contributed by atoms with Crippen LogP contribution in [-0.2, 0) is 22.9 Å². The number of ether oxygens (including phenoxy) is 1. The van der Waals surface area contributed by atoms with E-state index in [1.165, 1.54) is 24.1 Å². The van der Waals surface area contributed by atoms with E-state index in [1.807, 2.05) is 0 Å². The monoisotopic (exact) mass is 513 g/mol. The number of fused-ring (bicyclic) bond motifs is 1. The number of nitrogens with zero attached hydrogens (tertiary/aromatic N) is 4. The Morgan fingerprint density at radius 2 is 2.14 bits per heavy atom. The fourth-order valence-electron chi connectivity index (χ4n) is 4.14. The molecule has 3 aromatic rings. The number of phosphoric acid groups is 1. The SMILES string of the molecule is C[C@@]1(O)[C@H](O)[C@@H](COP2(=O)OCC[C@@H](c3cc(F)ccc3F)O2)O[C@H]1n1cnc2c(N)ncnc21. The van der Waals surface area contributed by atoms with Gasteiger partial charge in [-0.15, -0.1) is 0 Å². The first kappa shape index (κ1) is 24.1. The number of phosphoric ester groups is 1. The van der Waals surface area contributed by atoms with Gasteiger partial charge in [0.1, 0.15) is 41.3 Å². The first-order valence-corrected chi connectivity index (χ1v) is 12.1. The molecule has 2 aliphatic rings. The van der Waals surface area contributed by atoms with Crippen LogP contribution < -0.4 is 5.73 Å². The third-order valence-electron chi connectivity index (χ3n) is 5.98. The molecular weight excluding hydrogens is 491 g/mol. The highest BCUT2D eigenvalue weighted by Gasteiger charge is 2.54. The molecule has 2 fully saturated rings. The van der Waals surface area contributed by atoms with Gasteiger partial charge in [0, 0.05) is 12.0 Å². The summed E-state index contributed by atoms with van der Waals surface area (Å²) in [5.41, 5.74) is 4.40. The van der Waals surface area contributed by atoms with Crippen LogP contribution >= 0.6 is 7.82 Å². The molecular formula is C20H22F2N5O7P. The van der Waals surface area contributed by atoms with E-state index in [-0.39, 0.29) is 35.6 Å². The maximum absolute atomic E-state index is 14.2. The third-order valence-corrected chi connectivity index (χ3v) is 7.46. The van der Waals surface area contributed by atoms with Crippen molar-refractivity contribution in [2.75, 3.05) is 18.9 Å². The first-order chi connectivity index (χ1) is 16.6. The highest BCUT2D eigenvalue weighted by Crippen LogP contribution is 2.57. The Morgan fingerprint density at radius 1 is 1.34 bits per heavy atom. The number of aliphatic hydroxyl groups excluding tert-OH is 1. The number of rotatable bonds is 5. The number of nitrogen functional groups attached to an aromatic ring is 1. The van der Waals surface area contributed by atoms with Gasteiger partial charge in [-0.2, -0.15) is 0 Å². The molecule has 0 amide bonds. The van der Waals surface area contributed by atoms with E-state index >= 15 is 0 Å². The lowest BCUT2D eigenvalue weighted by Crippen LogP contribution is -2.44. The summed E-state index contributed by atoms with van der Waals surface area (Å²) >= 11 is 0. The van der Waals surface area contributed by atoms with Crippen molar-refractivity contribution in [1.82, 2.24) is 19.5 Å². The normalized spacial score (nSPS) is 33.4. The smallest absolute Gasteiger partial charge is 0.387 e. The van der Waals surface area contributed by atoms with Gasteiger partial charge in [-0.1, -0.05) is 0 Å². The van der Waals surface area contributed by atoms with Gasteiger partial charge in [-0.3, -0.25) is 18.1 Å². The van der Waals surface area contributed by atoms with Crippen molar-refractivity contribution in [2.45, 2.75) is 43.5 Å². The minimum atomic E-state index is -4.23. The zero-order valence-electron chi connectivity index (χ0n) is 18.3. The number of aliphatic hydroxyl groups is 2. The maximum atomic E-state index is 14.2. The van der Waals surface area contributed by atoms with Gasteiger partial charge in [-0.05, 0) is 25.1 Å². The largest absolute Gasteiger partial charge is 0.475 e. The minimum Gasteiger partial charge on any atom is -0.387 e. The van der Waals surface area contributed by atoms with Crippen molar-refractivity contribution in [1.29, 1.82) is 0 Å². The second-order valence-corrected chi connectivity index (χ2v) is 10.0. The van der Waals surface area contributed by atoms with E-state index < -0.39 is 56.2 Å². The van der Waals surface area contributed by atoms with Gasteiger partial charge in [0.25, 0.3) is 0 Å². The van der Waals surface area contributed by atoms with Crippen molar-refractivity contribution in [3.8, 4) is 0 Å².